The third kappa shape index (κ3) is 4.84. The molecule has 0 unspecified atom stereocenters. The molecule has 47 heavy (non-hydrogen) atoms. The first-order valence-corrected chi connectivity index (χ1v) is 15.7. The average Bonchev–Trinajstić information content (AvgIpc) is 3.54. The number of fused-ring (bicyclic) bond motifs is 4. The molecule has 9 aromatic rings. The normalized spacial score (nSPS) is 11.4. The van der Waals surface area contributed by atoms with E-state index in [2.05, 4.69) is 121 Å². The summed E-state index contributed by atoms with van der Waals surface area (Å²) in [5.74, 6) is 1.83. The Morgan fingerprint density at radius 1 is 0.340 bits per heavy atom. The lowest BCUT2D eigenvalue weighted by molar-refractivity contribution is 0.669. The highest BCUT2D eigenvalue weighted by molar-refractivity contribution is 6.11. The summed E-state index contributed by atoms with van der Waals surface area (Å²) in [6.07, 6.45) is 0. The van der Waals surface area contributed by atoms with Gasteiger partial charge in [0.15, 0.2) is 17.5 Å². The van der Waals surface area contributed by atoms with Gasteiger partial charge in [0.1, 0.15) is 11.2 Å². The van der Waals surface area contributed by atoms with Crippen LogP contribution in [-0.4, -0.2) is 15.0 Å². The second-order valence-electron chi connectivity index (χ2n) is 11.6. The van der Waals surface area contributed by atoms with Crippen LogP contribution in [0.15, 0.2) is 168 Å². The van der Waals surface area contributed by atoms with Crippen LogP contribution in [0.2, 0.25) is 0 Å². The molecule has 0 radical (unpaired) electrons. The van der Waals surface area contributed by atoms with Crippen molar-refractivity contribution >= 4 is 32.7 Å². The molecule has 0 aliphatic carbocycles. The molecule has 0 atom stereocenters. The largest absolute Gasteiger partial charge is 0.456 e. The van der Waals surface area contributed by atoms with Crippen LogP contribution < -0.4 is 0 Å². The van der Waals surface area contributed by atoms with E-state index in [0.29, 0.717) is 17.5 Å². The molecule has 0 aliphatic heterocycles. The Hall–Kier alpha value is -6.39. The Kier molecular flexibility index (Phi) is 6.43. The zero-order valence-corrected chi connectivity index (χ0v) is 25.3. The SMILES string of the molecule is c1ccc(-c2ccc(-c3nc(-c4ccc5ccccc5c4)nc(-c4cccc5oc6ccccc6c45)n3)c(-c3ccccc3)c2)cc1. The fourth-order valence-electron chi connectivity index (χ4n) is 6.44. The molecule has 0 aliphatic rings. The first-order chi connectivity index (χ1) is 23.3. The summed E-state index contributed by atoms with van der Waals surface area (Å²) in [6, 6.07) is 56.4. The van der Waals surface area contributed by atoms with Crippen molar-refractivity contribution in [3.05, 3.63) is 164 Å². The molecule has 2 aromatic heterocycles. The minimum absolute atomic E-state index is 0.599. The second-order valence-corrected chi connectivity index (χ2v) is 11.6. The lowest BCUT2D eigenvalue weighted by Crippen LogP contribution is -2.01. The quantitative estimate of drug-likeness (QED) is 0.197. The van der Waals surface area contributed by atoms with Gasteiger partial charge in [-0.1, -0.05) is 133 Å². The van der Waals surface area contributed by atoms with E-state index in [9.17, 15) is 0 Å². The fourth-order valence-corrected chi connectivity index (χ4v) is 6.44. The number of hydrogen-bond donors (Lipinski definition) is 0. The second kappa shape index (κ2) is 11.2. The van der Waals surface area contributed by atoms with Crippen LogP contribution in [0.3, 0.4) is 0 Å². The molecular formula is C43H27N3O. The predicted molar refractivity (Wildman–Crippen MR) is 192 cm³/mol. The number of nitrogens with zero attached hydrogens (tertiary/aromatic N) is 3. The van der Waals surface area contributed by atoms with Crippen molar-refractivity contribution in [2.24, 2.45) is 0 Å². The molecule has 220 valence electrons. The number of aromatic nitrogens is 3. The summed E-state index contributed by atoms with van der Waals surface area (Å²) in [5, 5.41) is 4.33. The van der Waals surface area contributed by atoms with Gasteiger partial charge in [-0.15, -0.1) is 0 Å². The van der Waals surface area contributed by atoms with Crippen LogP contribution >= 0.6 is 0 Å². The van der Waals surface area contributed by atoms with Crippen molar-refractivity contribution in [3.63, 3.8) is 0 Å². The van der Waals surface area contributed by atoms with Crippen molar-refractivity contribution in [2.45, 2.75) is 0 Å². The Bertz CT molecular complexity index is 2570. The lowest BCUT2D eigenvalue weighted by Gasteiger charge is -2.14. The molecule has 0 saturated carbocycles. The number of benzene rings is 7. The van der Waals surface area contributed by atoms with E-state index in [1.165, 1.54) is 5.39 Å². The predicted octanol–water partition coefficient (Wildman–Crippen LogP) is 11.3. The zero-order chi connectivity index (χ0) is 31.2. The molecule has 0 fully saturated rings. The molecule has 0 spiro atoms. The van der Waals surface area contributed by atoms with E-state index in [0.717, 1.165) is 66.3 Å². The molecular weight excluding hydrogens is 574 g/mol. The lowest BCUT2D eigenvalue weighted by atomic mass is 9.94. The minimum Gasteiger partial charge on any atom is -0.456 e. The van der Waals surface area contributed by atoms with Crippen molar-refractivity contribution in [1.82, 2.24) is 15.0 Å². The maximum Gasteiger partial charge on any atom is 0.164 e. The Morgan fingerprint density at radius 2 is 0.979 bits per heavy atom. The van der Waals surface area contributed by atoms with Crippen molar-refractivity contribution in [1.29, 1.82) is 0 Å². The van der Waals surface area contributed by atoms with Gasteiger partial charge >= 0.3 is 0 Å². The van der Waals surface area contributed by atoms with Crippen LogP contribution in [0.4, 0.5) is 0 Å². The van der Waals surface area contributed by atoms with E-state index in [-0.39, 0.29) is 0 Å². The Balaban J connectivity index is 1.32. The van der Waals surface area contributed by atoms with Crippen LogP contribution in [0.25, 0.3) is 89.1 Å². The van der Waals surface area contributed by atoms with E-state index in [4.69, 9.17) is 19.4 Å². The van der Waals surface area contributed by atoms with E-state index >= 15 is 0 Å². The maximum absolute atomic E-state index is 6.25. The molecule has 7 aromatic carbocycles. The summed E-state index contributed by atoms with van der Waals surface area (Å²) in [5.41, 5.74) is 8.84. The van der Waals surface area contributed by atoms with E-state index in [1.54, 1.807) is 0 Å². The minimum atomic E-state index is 0.599. The van der Waals surface area contributed by atoms with E-state index < -0.39 is 0 Å². The van der Waals surface area contributed by atoms with Gasteiger partial charge in [-0.25, -0.2) is 15.0 Å². The summed E-state index contributed by atoms with van der Waals surface area (Å²) in [7, 11) is 0. The average molecular weight is 602 g/mol. The highest BCUT2D eigenvalue weighted by Crippen LogP contribution is 2.39. The number of rotatable bonds is 5. The summed E-state index contributed by atoms with van der Waals surface area (Å²) < 4.78 is 6.25. The zero-order valence-electron chi connectivity index (χ0n) is 25.3. The van der Waals surface area contributed by atoms with Crippen LogP contribution in [0, 0.1) is 0 Å². The third-order valence-corrected chi connectivity index (χ3v) is 8.74. The van der Waals surface area contributed by atoms with Crippen molar-refractivity contribution in [2.75, 3.05) is 0 Å². The number of furan rings is 1. The van der Waals surface area contributed by atoms with Gasteiger partial charge in [0.25, 0.3) is 0 Å². The van der Waals surface area contributed by atoms with Crippen molar-refractivity contribution < 1.29 is 4.42 Å². The van der Waals surface area contributed by atoms with E-state index in [1.807, 2.05) is 42.5 Å². The topological polar surface area (TPSA) is 51.8 Å². The summed E-state index contributed by atoms with van der Waals surface area (Å²) >= 11 is 0. The molecule has 4 heteroatoms. The highest BCUT2D eigenvalue weighted by atomic mass is 16.3. The van der Waals surface area contributed by atoms with Gasteiger partial charge in [-0.3, -0.25) is 0 Å². The van der Waals surface area contributed by atoms with Gasteiger partial charge in [-0.2, -0.15) is 0 Å². The van der Waals surface area contributed by atoms with Crippen LogP contribution in [0.1, 0.15) is 0 Å². The third-order valence-electron chi connectivity index (χ3n) is 8.74. The van der Waals surface area contributed by atoms with Gasteiger partial charge in [0.2, 0.25) is 0 Å². The van der Waals surface area contributed by atoms with Gasteiger partial charge in [-0.05, 0) is 63.4 Å². The van der Waals surface area contributed by atoms with Crippen LogP contribution in [-0.2, 0) is 0 Å². The summed E-state index contributed by atoms with van der Waals surface area (Å²) in [4.78, 5) is 15.5. The summed E-state index contributed by atoms with van der Waals surface area (Å²) in [6.45, 7) is 0. The smallest absolute Gasteiger partial charge is 0.164 e. The first kappa shape index (κ1) is 27.0. The molecule has 2 heterocycles. The number of hydrogen-bond acceptors (Lipinski definition) is 4. The van der Waals surface area contributed by atoms with Gasteiger partial charge in [0.05, 0.1) is 0 Å². The van der Waals surface area contributed by atoms with Gasteiger partial charge < -0.3 is 4.42 Å². The molecule has 0 amide bonds. The van der Waals surface area contributed by atoms with Gasteiger partial charge in [0, 0.05) is 27.5 Å². The highest BCUT2D eigenvalue weighted by Gasteiger charge is 2.20. The standard InChI is InChI=1S/C43H27N3O/c1-3-12-28(13-4-1)32-24-25-34(37(27-32)30-15-5-2-6-16-30)42-44-41(33-23-22-29-14-7-8-17-31(29)26-33)45-43(46-42)36-19-11-21-39-40(36)35-18-9-10-20-38(35)47-39/h1-27H. The van der Waals surface area contributed by atoms with Crippen LogP contribution in [0.5, 0.6) is 0 Å². The maximum atomic E-state index is 6.25. The number of para-hydroxylation sites is 1. The van der Waals surface area contributed by atoms with Crippen molar-refractivity contribution in [3.8, 4) is 56.4 Å². The molecule has 0 bridgehead atoms. The molecule has 0 saturated heterocycles. The Labute approximate surface area is 271 Å². The fraction of sp³-hybridized carbons (Fsp3) is 0. The monoisotopic (exact) mass is 601 g/mol. The molecule has 9 rings (SSSR count). The molecule has 0 N–H and O–H groups in total. The molecule has 4 nitrogen and oxygen atoms in total. The Morgan fingerprint density at radius 3 is 1.81 bits per heavy atom. The first-order valence-electron chi connectivity index (χ1n) is 15.7.